The molecule has 1 aromatic carbocycles. The van der Waals surface area contributed by atoms with Crippen LogP contribution in [0.25, 0.3) is 11.9 Å². The molecule has 18 heavy (non-hydrogen) atoms. The first-order valence-electron chi connectivity index (χ1n) is 6.07. The first kappa shape index (κ1) is 9.76. The largest absolute Gasteiger partial charge is 0.368 e. The van der Waals surface area contributed by atoms with Gasteiger partial charge in [0.05, 0.1) is 6.04 Å². The van der Waals surface area contributed by atoms with Crippen molar-refractivity contribution in [2.24, 2.45) is 5.73 Å². The van der Waals surface area contributed by atoms with Crippen molar-refractivity contribution < 1.29 is 4.79 Å². The first-order chi connectivity index (χ1) is 8.72. The monoisotopic (exact) mass is 239 g/mol. The van der Waals surface area contributed by atoms with Gasteiger partial charge < -0.3 is 16.0 Å². The number of carbonyl (C=O) groups excluding carboxylic acids is 1. The van der Waals surface area contributed by atoms with Crippen LogP contribution in [0.5, 0.6) is 0 Å². The summed E-state index contributed by atoms with van der Waals surface area (Å²) in [4.78, 5) is 13.7. The molecule has 0 aromatic heterocycles. The van der Waals surface area contributed by atoms with E-state index in [-0.39, 0.29) is 11.9 Å². The summed E-state index contributed by atoms with van der Waals surface area (Å²) in [6, 6.07) is 8.32. The molecule has 4 rings (SSSR count). The van der Waals surface area contributed by atoms with Crippen LogP contribution in [0.1, 0.15) is 6.42 Å². The minimum Gasteiger partial charge on any atom is -0.368 e. The van der Waals surface area contributed by atoms with Gasteiger partial charge in [-0.15, -0.1) is 0 Å². The van der Waals surface area contributed by atoms with Crippen molar-refractivity contribution in [1.29, 1.82) is 0 Å². The summed E-state index contributed by atoms with van der Waals surface area (Å²) in [6.07, 6.45) is 6.91. The number of benzene rings is 1. The van der Waals surface area contributed by atoms with E-state index >= 15 is 0 Å². The molecule has 2 heterocycles. The second kappa shape index (κ2) is 2.96. The Kier molecular flexibility index (Phi) is 1.60. The van der Waals surface area contributed by atoms with Crippen LogP contribution in [0.4, 0.5) is 0 Å². The highest BCUT2D eigenvalue weighted by Gasteiger charge is 2.67. The zero-order valence-electron chi connectivity index (χ0n) is 9.76. The third-order valence-electron chi connectivity index (χ3n) is 4.04. The molecule has 2 fully saturated rings. The van der Waals surface area contributed by atoms with Gasteiger partial charge in [0.1, 0.15) is 11.4 Å². The van der Waals surface area contributed by atoms with E-state index in [9.17, 15) is 4.79 Å². The molecule has 0 radical (unpaired) electrons. The predicted octanol–water partition coefficient (Wildman–Crippen LogP) is -1.04. The number of rotatable bonds is 1. The minimum absolute atomic E-state index is 0.167. The molecule has 2 aliphatic heterocycles. The molecule has 0 bridgehead atoms. The number of carbonyl (C=O) groups is 1. The quantitative estimate of drug-likeness (QED) is 0.658. The molecule has 1 aromatic rings. The van der Waals surface area contributed by atoms with E-state index in [4.69, 9.17) is 5.73 Å². The number of nitrogens with two attached hydrogens (primary N) is 1. The van der Waals surface area contributed by atoms with Gasteiger partial charge in [0.25, 0.3) is 0 Å². The Morgan fingerprint density at radius 2 is 2.28 bits per heavy atom. The summed E-state index contributed by atoms with van der Waals surface area (Å²) in [7, 11) is 0. The SMILES string of the molecule is NC(=O)C12CC1N1C=CC=c3ccccc3=C1N2. The van der Waals surface area contributed by atoms with Crippen LogP contribution in [0.15, 0.2) is 36.5 Å². The van der Waals surface area contributed by atoms with Crippen molar-refractivity contribution in [2.45, 2.75) is 18.0 Å². The molecule has 3 aliphatic rings. The normalized spacial score (nSPS) is 30.6. The van der Waals surface area contributed by atoms with Gasteiger partial charge in [-0.3, -0.25) is 4.79 Å². The summed E-state index contributed by atoms with van der Waals surface area (Å²) in [6.45, 7) is 0. The molecular formula is C14H13N3O. The average Bonchev–Trinajstić information content (AvgIpc) is 3.06. The molecule has 1 amide bonds. The van der Waals surface area contributed by atoms with Crippen LogP contribution < -0.4 is 21.5 Å². The molecule has 90 valence electrons. The predicted molar refractivity (Wildman–Crippen MR) is 68.0 cm³/mol. The Bertz CT molecular complexity index is 706. The van der Waals surface area contributed by atoms with E-state index in [0.29, 0.717) is 0 Å². The highest BCUT2D eigenvalue weighted by Crippen LogP contribution is 2.48. The average molecular weight is 239 g/mol. The number of primary amides is 1. The maximum atomic E-state index is 11.6. The van der Waals surface area contributed by atoms with Crippen molar-refractivity contribution in [3.05, 3.63) is 47.0 Å². The second-order valence-corrected chi connectivity index (χ2v) is 5.03. The number of nitrogens with one attached hydrogen (secondary N) is 1. The van der Waals surface area contributed by atoms with Crippen LogP contribution in [0.2, 0.25) is 0 Å². The lowest BCUT2D eigenvalue weighted by Gasteiger charge is -2.17. The molecule has 2 atom stereocenters. The van der Waals surface area contributed by atoms with Crippen molar-refractivity contribution in [2.75, 3.05) is 0 Å². The fraction of sp³-hybridized carbons (Fsp3) is 0.214. The van der Waals surface area contributed by atoms with Gasteiger partial charge in [-0.05, 0) is 11.3 Å². The van der Waals surface area contributed by atoms with Crippen molar-refractivity contribution >= 4 is 17.8 Å². The lowest BCUT2D eigenvalue weighted by atomic mass is 10.2. The summed E-state index contributed by atoms with van der Waals surface area (Å²) >= 11 is 0. The number of hydrogen-bond donors (Lipinski definition) is 2. The fourth-order valence-electron chi connectivity index (χ4n) is 2.96. The Balaban J connectivity index is 1.98. The fourth-order valence-corrected chi connectivity index (χ4v) is 2.96. The maximum absolute atomic E-state index is 11.6. The van der Waals surface area contributed by atoms with Crippen LogP contribution in [-0.4, -0.2) is 22.4 Å². The zero-order chi connectivity index (χ0) is 12.3. The number of amides is 1. The maximum Gasteiger partial charge on any atom is 0.245 e. The Morgan fingerprint density at radius 3 is 3.11 bits per heavy atom. The lowest BCUT2D eigenvalue weighted by molar-refractivity contribution is -0.120. The molecule has 4 heteroatoms. The van der Waals surface area contributed by atoms with E-state index in [1.807, 2.05) is 24.4 Å². The minimum atomic E-state index is -0.551. The van der Waals surface area contributed by atoms with Crippen molar-refractivity contribution in [1.82, 2.24) is 10.2 Å². The van der Waals surface area contributed by atoms with Crippen molar-refractivity contribution in [3.63, 3.8) is 0 Å². The summed E-state index contributed by atoms with van der Waals surface area (Å²) in [5, 5.41) is 5.61. The van der Waals surface area contributed by atoms with E-state index < -0.39 is 5.54 Å². The van der Waals surface area contributed by atoms with Crippen molar-refractivity contribution in [3.8, 4) is 0 Å². The number of fused-ring (bicyclic) bond motifs is 4. The van der Waals surface area contributed by atoms with E-state index in [0.717, 1.165) is 22.7 Å². The number of allylic oxidation sites excluding steroid dienone is 1. The lowest BCUT2D eigenvalue weighted by Crippen LogP contribution is -2.43. The van der Waals surface area contributed by atoms with Crippen LogP contribution in [-0.2, 0) is 4.79 Å². The van der Waals surface area contributed by atoms with Gasteiger partial charge >= 0.3 is 0 Å². The van der Waals surface area contributed by atoms with Gasteiger partial charge in [0.15, 0.2) is 0 Å². The van der Waals surface area contributed by atoms with Crippen LogP contribution in [0, 0.1) is 0 Å². The Labute approximate surface area is 104 Å². The van der Waals surface area contributed by atoms with Gasteiger partial charge in [-0.25, -0.2) is 0 Å². The van der Waals surface area contributed by atoms with Crippen LogP contribution >= 0.6 is 0 Å². The van der Waals surface area contributed by atoms with E-state index in [1.54, 1.807) is 0 Å². The highest BCUT2D eigenvalue weighted by molar-refractivity contribution is 5.93. The molecular weight excluding hydrogens is 226 g/mol. The van der Waals surface area contributed by atoms with Crippen LogP contribution in [0.3, 0.4) is 0 Å². The second-order valence-electron chi connectivity index (χ2n) is 5.03. The summed E-state index contributed by atoms with van der Waals surface area (Å²) in [5.41, 5.74) is 4.96. The molecule has 1 saturated carbocycles. The first-order valence-corrected chi connectivity index (χ1v) is 6.07. The van der Waals surface area contributed by atoms with E-state index in [2.05, 4.69) is 28.4 Å². The standard InChI is InChI=1S/C14H13N3O/c15-13(18)14-8-11(14)17-7-3-5-9-4-1-2-6-10(9)12(17)16-14/h1-7,11,16H,8H2,(H2,15,18). The third-order valence-corrected chi connectivity index (χ3v) is 4.04. The molecule has 3 N–H and O–H groups in total. The number of hydrogen-bond acceptors (Lipinski definition) is 3. The Morgan fingerprint density at radius 1 is 1.44 bits per heavy atom. The molecule has 2 unspecified atom stereocenters. The van der Waals surface area contributed by atoms with Gasteiger partial charge in [0, 0.05) is 17.8 Å². The van der Waals surface area contributed by atoms with Gasteiger partial charge in [0.2, 0.25) is 5.91 Å². The van der Waals surface area contributed by atoms with Gasteiger partial charge in [-0.1, -0.05) is 30.3 Å². The Hall–Kier alpha value is -2.23. The van der Waals surface area contributed by atoms with Gasteiger partial charge in [-0.2, -0.15) is 0 Å². The summed E-state index contributed by atoms with van der Waals surface area (Å²) in [5.74, 6) is 0.730. The molecule has 4 nitrogen and oxygen atoms in total. The third kappa shape index (κ3) is 1.03. The zero-order valence-corrected chi connectivity index (χ0v) is 9.76. The highest BCUT2D eigenvalue weighted by atomic mass is 16.2. The molecule has 1 aliphatic carbocycles. The van der Waals surface area contributed by atoms with E-state index in [1.165, 1.54) is 0 Å². The molecule has 0 spiro atoms. The number of nitrogens with zero attached hydrogens (tertiary/aromatic N) is 1. The topological polar surface area (TPSA) is 58.4 Å². The summed E-state index contributed by atoms with van der Waals surface area (Å²) < 4.78 is 0. The smallest absolute Gasteiger partial charge is 0.245 e. The molecule has 1 saturated heterocycles.